The second-order valence-corrected chi connectivity index (χ2v) is 30.0. The summed E-state index contributed by atoms with van der Waals surface area (Å²) in [5, 5.41) is 0. The van der Waals surface area contributed by atoms with Crippen LogP contribution in [0.3, 0.4) is 0 Å². The minimum absolute atomic E-state index is 0. The molecule has 0 bridgehead atoms. The van der Waals surface area contributed by atoms with Crippen LogP contribution in [0.15, 0.2) is 41.8 Å². The molecule has 2 unspecified atom stereocenters. The van der Waals surface area contributed by atoms with Gasteiger partial charge >= 0.3 is 0 Å². The van der Waals surface area contributed by atoms with Gasteiger partial charge in [-0.15, -0.1) is 0 Å². The van der Waals surface area contributed by atoms with E-state index in [1.807, 2.05) is 0 Å². The van der Waals surface area contributed by atoms with Gasteiger partial charge in [0.2, 0.25) is 0 Å². The Morgan fingerprint density at radius 1 is 0.333 bits per heavy atom. The van der Waals surface area contributed by atoms with Crippen molar-refractivity contribution >= 4 is 0 Å². The van der Waals surface area contributed by atoms with Crippen LogP contribution in [-0.4, -0.2) is 173 Å². The van der Waals surface area contributed by atoms with Crippen LogP contribution >= 0.6 is 0 Å². The zero-order chi connectivity index (χ0) is 61.8. The van der Waals surface area contributed by atoms with Gasteiger partial charge in [-0.25, -0.2) is 0 Å². The lowest BCUT2D eigenvalue weighted by molar-refractivity contribution is 0.0887. The predicted molar refractivity (Wildman–Crippen MR) is 385 cm³/mol. The van der Waals surface area contributed by atoms with Gasteiger partial charge in [0.15, 0.2) is 0 Å². The first kappa shape index (κ1) is 86.7. The third-order valence-electron chi connectivity index (χ3n) is 19.3. The first-order valence-electron chi connectivity index (χ1n) is 34.5. The molecule has 0 spiro atoms. The molecule has 6 aliphatic rings. The van der Waals surface area contributed by atoms with E-state index in [1.165, 1.54) is 123 Å². The maximum absolute atomic E-state index is 2.62. The van der Waals surface area contributed by atoms with Crippen molar-refractivity contribution in [3.63, 3.8) is 0 Å². The maximum Gasteiger partial charge on any atom is 0.0274 e. The predicted octanol–water partition coefficient (Wildman–Crippen LogP) is 19.4. The average molecular weight is 1180 g/mol. The van der Waals surface area contributed by atoms with E-state index in [4.69, 9.17) is 0 Å². The molecule has 2 atom stereocenters. The Hall–Kier alpha value is -1.52. The number of aromatic nitrogens is 1. The quantitative estimate of drug-likeness (QED) is 0.171. The van der Waals surface area contributed by atoms with Crippen molar-refractivity contribution in [1.29, 1.82) is 0 Å². The van der Waals surface area contributed by atoms with Crippen LogP contribution in [0.25, 0.3) is 0 Å². The number of piperazine rings is 1. The fourth-order valence-electron chi connectivity index (χ4n) is 12.0. The SMILES string of the molecule is C.C.C.CC(C)C1=CCN(C(C)C)C1.CC(C)C1=CCN(C(C)C)CC1.CC(C)C1CCCN(C(C)C)C1.CC(C)C1CCN(C(C)C)C1.CC(C)C1CCN(C(C)C)CC1.CC(C)N1CCN(C(C)C)CC1.CC(C)c1ccn(C(C)C)c1. The lowest BCUT2D eigenvalue weighted by Crippen LogP contribution is -2.50. The summed E-state index contributed by atoms with van der Waals surface area (Å²) in [6.45, 7) is 81.8. The highest BCUT2D eigenvalue weighted by Gasteiger charge is 2.27. The summed E-state index contributed by atoms with van der Waals surface area (Å²) in [7, 11) is 0. The summed E-state index contributed by atoms with van der Waals surface area (Å²) in [6.07, 6.45) is 17.5. The highest BCUT2D eigenvalue weighted by molar-refractivity contribution is 5.15. The van der Waals surface area contributed by atoms with Crippen molar-refractivity contribution < 1.29 is 0 Å². The molecule has 8 nitrogen and oxygen atoms in total. The van der Waals surface area contributed by atoms with E-state index in [0.717, 1.165) is 90.6 Å². The molecule has 0 aromatic carbocycles. The molecule has 0 amide bonds. The van der Waals surface area contributed by atoms with E-state index >= 15 is 0 Å². The van der Waals surface area contributed by atoms with Crippen LogP contribution in [0.5, 0.6) is 0 Å². The lowest BCUT2D eigenvalue weighted by Gasteiger charge is -2.38. The molecule has 0 aliphatic carbocycles. The van der Waals surface area contributed by atoms with Gasteiger partial charge in [0.05, 0.1) is 0 Å². The number of hydrogen-bond donors (Lipinski definition) is 0. The summed E-state index contributed by atoms with van der Waals surface area (Å²) in [5.74, 6) is 7.65. The molecule has 0 radical (unpaired) electrons. The van der Waals surface area contributed by atoms with Gasteiger partial charge in [-0.2, -0.15) is 0 Å². The molecule has 4 fully saturated rings. The van der Waals surface area contributed by atoms with Crippen LogP contribution < -0.4 is 0 Å². The van der Waals surface area contributed by atoms with Crippen LogP contribution in [0.1, 0.15) is 272 Å². The van der Waals surface area contributed by atoms with Crippen molar-refractivity contribution in [3.8, 4) is 0 Å². The summed E-state index contributed by atoms with van der Waals surface area (Å²) in [6, 6.07) is 7.87. The highest BCUT2D eigenvalue weighted by Crippen LogP contribution is 2.28. The van der Waals surface area contributed by atoms with Crippen molar-refractivity contribution in [3.05, 3.63) is 47.3 Å². The lowest BCUT2D eigenvalue weighted by atomic mass is 9.86. The average Bonchev–Trinajstić information content (AvgIpc) is 4.25. The fraction of sp³-hybridized carbons (Fsp3) is 0.895. The van der Waals surface area contributed by atoms with Crippen LogP contribution in [-0.2, 0) is 0 Å². The second-order valence-electron chi connectivity index (χ2n) is 30.0. The van der Waals surface area contributed by atoms with Gasteiger partial charge in [-0.3, -0.25) is 19.6 Å². The first-order valence-corrected chi connectivity index (χ1v) is 34.5. The van der Waals surface area contributed by atoms with E-state index in [2.05, 4.69) is 263 Å². The third kappa shape index (κ3) is 34.5. The molecule has 0 saturated carbocycles. The van der Waals surface area contributed by atoms with E-state index in [9.17, 15) is 0 Å². The Bertz CT molecular complexity index is 1620. The number of hydrogen-bond acceptors (Lipinski definition) is 7. The Kier molecular flexibility index (Phi) is 47.1. The summed E-state index contributed by atoms with van der Waals surface area (Å²) in [4.78, 5) is 17.9. The van der Waals surface area contributed by atoms with Crippen LogP contribution in [0.2, 0.25) is 0 Å². The van der Waals surface area contributed by atoms with Crippen LogP contribution in [0.4, 0.5) is 0 Å². The van der Waals surface area contributed by atoms with Gasteiger partial charge < -0.3 is 19.3 Å². The molecule has 0 N–H and O–H groups in total. The molecule has 1 aromatic rings. The minimum Gasteiger partial charge on any atom is -0.352 e. The molecule has 502 valence electrons. The second kappa shape index (κ2) is 45.7. The number of piperidine rings is 2. The van der Waals surface area contributed by atoms with Crippen molar-refractivity contribution in [2.75, 3.05) is 91.6 Å². The molecule has 8 heteroatoms. The highest BCUT2D eigenvalue weighted by atomic mass is 15.3. The van der Waals surface area contributed by atoms with E-state index in [0.29, 0.717) is 24.0 Å². The molecule has 6 aliphatic heterocycles. The number of nitrogens with zero attached hydrogens (tertiary/aromatic N) is 8. The summed E-state index contributed by atoms with van der Waals surface area (Å²) in [5.41, 5.74) is 4.68. The van der Waals surface area contributed by atoms with Crippen molar-refractivity contribution in [2.45, 2.75) is 309 Å². The smallest absolute Gasteiger partial charge is 0.0274 e. The molecule has 7 heterocycles. The molecular weight excluding hydrogens is 1020 g/mol. The summed E-state index contributed by atoms with van der Waals surface area (Å²) >= 11 is 0. The molecule has 7 rings (SSSR count). The van der Waals surface area contributed by atoms with Crippen molar-refractivity contribution in [1.82, 2.24) is 38.9 Å². The van der Waals surface area contributed by atoms with Gasteiger partial charge in [-0.05, 0) is 240 Å². The molecular formula is C76H158N8. The maximum atomic E-state index is 2.62. The van der Waals surface area contributed by atoms with Crippen LogP contribution in [0, 0.1) is 47.3 Å². The Balaban J connectivity index is -0.000000906. The third-order valence-corrected chi connectivity index (χ3v) is 19.3. The number of rotatable bonds is 14. The monoisotopic (exact) mass is 1180 g/mol. The Labute approximate surface area is 531 Å². The number of likely N-dealkylation sites (tertiary alicyclic amines) is 3. The van der Waals surface area contributed by atoms with E-state index < -0.39 is 0 Å². The molecule has 1 aromatic heterocycles. The normalized spacial score (nSPS) is 20.9. The minimum atomic E-state index is 0. The van der Waals surface area contributed by atoms with Gasteiger partial charge in [0.1, 0.15) is 0 Å². The van der Waals surface area contributed by atoms with Gasteiger partial charge in [0.25, 0.3) is 0 Å². The Morgan fingerprint density at radius 3 is 0.976 bits per heavy atom. The topological polar surface area (TPSA) is 27.6 Å². The largest absolute Gasteiger partial charge is 0.352 e. The van der Waals surface area contributed by atoms with Gasteiger partial charge in [0, 0.05) is 126 Å². The van der Waals surface area contributed by atoms with E-state index in [-0.39, 0.29) is 22.3 Å². The first-order chi connectivity index (χ1) is 37.8. The molecule has 4 saturated heterocycles. The zero-order valence-electron chi connectivity index (χ0n) is 59.9. The summed E-state index contributed by atoms with van der Waals surface area (Å²) < 4.78 is 2.25. The van der Waals surface area contributed by atoms with Gasteiger partial charge in [-0.1, -0.05) is 129 Å². The molecule has 84 heavy (non-hydrogen) atoms. The van der Waals surface area contributed by atoms with E-state index in [1.54, 1.807) is 11.1 Å². The fourth-order valence-corrected chi connectivity index (χ4v) is 12.0. The Morgan fingerprint density at radius 2 is 0.690 bits per heavy atom. The zero-order valence-corrected chi connectivity index (χ0v) is 59.9. The van der Waals surface area contributed by atoms with Crippen molar-refractivity contribution in [2.24, 2.45) is 47.3 Å². The standard InChI is InChI=1S/C11H23N.C11H21N.C11H23N.C10H22N2.C10H21N.C10H19N.C10H17N.3CH4/c2*1-9(2)11-5-7-12(8-6-11)10(3)4;1-9(2)11-6-5-7-12(8-11)10(3)4;1-9(2)11-5-7-12(8-6-11)10(3)4;3*1-8(2)10-5-6-11(7-10)9(3)4;;;/h9-11H,5-8H2,1-4H3;5,9-10H,6-8H2,1-4H3;9-11H,5-8H2,1-4H3;9-10H,5-8H2,1-4H3;8-10H,5-7H2,1-4H3;5,8-9H,6-7H2,1-4H3;5-9H,1-4H3;3*1H4.